The van der Waals surface area contributed by atoms with Crippen LogP contribution in [0, 0.1) is 12.1 Å². The molecular weight excluding hydrogens is 772 g/mol. The fourth-order valence-electron chi connectivity index (χ4n) is 5.64. The maximum Gasteiger partial charge on any atom is 2.00 e. The van der Waals surface area contributed by atoms with Gasteiger partial charge in [-0.1, -0.05) is 91.6 Å². The van der Waals surface area contributed by atoms with Crippen molar-refractivity contribution in [3.05, 3.63) is 120 Å². The SMILES string of the molecule is [2H]c1c([2H])c([2H])c2c(c1[2H])[N+](c1[c-]c(C(F)(F)c3[c-]c4c(cc3)c3ccncc3n4-c3cc(C(C)(C)C)ccn3)cc(C(C)(C)C)c1)=C=[N+]2C([2H])([2H])[2H].[Pt+2]. The normalized spacial score (nSPS) is 15.8. The molecule has 0 amide bonds. The molecule has 0 saturated carbocycles. The maximum absolute atomic E-state index is 17.1. The molecule has 1 aliphatic rings. The van der Waals surface area contributed by atoms with E-state index in [1.165, 1.54) is 12.1 Å². The van der Waals surface area contributed by atoms with E-state index in [1.807, 2.05) is 39.0 Å². The summed E-state index contributed by atoms with van der Waals surface area (Å²) in [6.45, 7) is 8.83. The number of pyridine rings is 2. The predicted molar refractivity (Wildman–Crippen MR) is 180 cm³/mol. The van der Waals surface area contributed by atoms with E-state index in [0.29, 0.717) is 32.4 Å². The largest absolute Gasteiger partial charge is 2.00 e. The van der Waals surface area contributed by atoms with Crippen LogP contribution in [-0.2, 0) is 37.8 Å². The van der Waals surface area contributed by atoms with E-state index in [2.05, 4.69) is 48.9 Å². The zero-order chi connectivity index (χ0) is 38.6. The van der Waals surface area contributed by atoms with Gasteiger partial charge in [-0.05, 0) is 40.0 Å². The van der Waals surface area contributed by atoms with Gasteiger partial charge in [-0.3, -0.25) is 4.98 Å². The molecule has 4 heterocycles. The fraction of sp³-hybridized carbons (Fsp3) is 0.256. The minimum Gasteiger partial charge on any atom is -0.318 e. The summed E-state index contributed by atoms with van der Waals surface area (Å²) in [4.78, 5) is 8.93. The summed E-state index contributed by atoms with van der Waals surface area (Å²) in [5.74, 6) is -3.18. The zero-order valence-corrected chi connectivity index (χ0v) is 28.9. The molecule has 1 aliphatic heterocycles. The van der Waals surface area contributed by atoms with Crippen LogP contribution in [0.5, 0.6) is 0 Å². The molecule has 8 heteroatoms. The van der Waals surface area contributed by atoms with Crippen LogP contribution < -0.4 is 4.58 Å². The van der Waals surface area contributed by atoms with E-state index in [4.69, 9.17) is 9.60 Å². The Morgan fingerprint density at radius 2 is 1.60 bits per heavy atom. The topological polar surface area (TPSA) is 36.7 Å². The van der Waals surface area contributed by atoms with Crippen molar-refractivity contribution in [1.29, 1.82) is 0 Å². The van der Waals surface area contributed by atoms with Crippen molar-refractivity contribution >= 4 is 44.9 Å². The van der Waals surface area contributed by atoms with Crippen molar-refractivity contribution in [3.63, 3.8) is 0 Å². The van der Waals surface area contributed by atoms with Gasteiger partial charge in [0.2, 0.25) is 0 Å². The van der Waals surface area contributed by atoms with E-state index >= 15 is 8.78 Å². The molecule has 7 rings (SSSR count). The van der Waals surface area contributed by atoms with Gasteiger partial charge in [0.15, 0.2) is 6.98 Å². The Labute approximate surface area is 298 Å². The van der Waals surface area contributed by atoms with Gasteiger partial charge in [-0.15, -0.1) is 17.0 Å². The Morgan fingerprint density at radius 3 is 2.32 bits per heavy atom. The van der Waals surface area contributed by atoms with Crippen molar-refractivity contribution in [2.24, 2.45) is 0 Å². The van der Waals surface area contributed by atoms with Crippen molar-refractivity contribution in [2.75, 3.05) is 6.98 Å². The third-order valence-electron chi connectivity index (χ3n) is 8.25. The summed E-state index contributed by atoms with van der Waals surface area (Å²) in [6.07, 6.45) is 4.99. The summed E-state index contributed by atoms with van der Waals surface area (Å²) in [6, 6.07) is 17.5. The standard InChI is InChI=1S/C39H35F2N5.Pt/c1-37(2,3)25-14-17-43-36(22-25)46-34-21-26(12-13-30(34)31-15-16-42-23-35(31)46)39(40,41)28-18-27(38(4,5)6)19-29(20-28)45-24-44(7)32-10-8-9-11-33(32)45;/h8-19,22-23H,1-7H3;/q;+2/i7D3,8D,9D,10D,11D;. The fourth-order valence-corrected chi connectivity index (χ4v) is 5.64. The minimum absolute atomic E-state index is 0. The van der Waals surface area contributed by atoms with E-state index in [0.717, 1.165) is 15.5 Å². The zero-order valence-electron chi connectivity index (χ0n) is 33.6. The Morgan fingerprint density at radius 1 is 0.851 bits per heavy atom. The molecule has 0 atom stereocenters. The summed E-state index contributed by atoms with van der Waals surface area (Å²) in [7, 11) is 0. The predicted octanol–water partition coefficient (Wildman–Crippen LogP) is 9.20. The van der Waals surface area contributed by atoms with Crippen LogP contribution >= 0.6 is 0 Å². The smallest absolute Gasteiger partial charge is 0.318 e. The molecule has 0 bridgehead atoms. The number of rotatable bonds is 4. The molecule has 0 spiro atoms. The Hall–Kier alpha value is -4.31. The van der Waals surface area contributed by atoms with E-state index < -0.39 is 53.6 Å². The van der Waals surface area contributed by atoms with Crippen LogP contribution in [0.15, 0.2) is 85.2 Å². The summed E-state index contributed by atoms with van der Waals surface area (Å²) in [5, 5.41) is 1.46. The van der Waals surface area contributed by atoms with E-state index in [1.54, 1.807) is 35.3 Å². The number of hydrogen-bond donors (Lipinski definition) is 0. The number of alkyl halides is 2. The average molecular weight is 814 g/mol. The maximum atomic E-state index is 17.1. The van der Waals surface area contributed by atoms with Gasteiger partial charge in [0.1, 0.15) is 15.6 Å². The Bertz CT molecular complexity index is 2600. The van der Waals surface area contributed by atoms with Crippen LogP contribution in [0.1, 0.15) is 73.4 Å². The van der Waals surface area contributed by atoms with Gasteiger partial charge in [0.25, 0.3) is 17.3 Å². The van der Waals surface area contributed by atoms with Gasteiger partial charge in [0, 0.05) is 24.5 Å². The van der Waals surface area contributed by atoms with Crippen molar-refractivity contribution in [1.82, 2.24) is 19.1 Å². The van der Waals surface area contributed by atoms with Crippen molar-refractivity contribution in [3.8, 4) is 5.82 Å². The van der Waals surface area contributed by atoms with Gasteiger partial charge >= 0.3 is 27.1 Å². The van der Waals surface area contributed by atoms with Crippen LogP contribution in [0.2, 0.25) is 0 Å². The number of aromatic nitrogens is 3. The van der Waals surface area contributed by atoms with Gasteiger partial charge in [-0.25, -0.2) is 13.8 Å². The van der Waals surface area contributed by atoms with Crippen molar-refractivity contribution in [2.45, 2.75) is 58.3 Å². The number of benzene rings is 3. The number of fused-ring (bicyclic) bond motifs is 4. The molecule has 47 heavy (non-hydrogen) atoms. The van der Waals surface area contributed by atoms with Gasteiger partial charge < -0.3 is 4.57 Å². The molecule has 0 radical (unpaired) electrons. The minimum atomic E-state index is -3.70. The van der Waals surface area contributed by atoms with E-state index in [-0.39, 0.29) is 43.5 Å². The first kappa shape index (κ1) is 24.8. The monoisotopic (exact) mass is 813 g/mol. The van der Waals surface area contributed by atoms with E-state index in [9.17, 15) is 0 Å². The average Bonchev–Trinajstić information content (AvgIpc) is 3.66. The first-order valence-corrected chi connectivity index (χ1v) is 14.8. The van der Waals surface area contributed by atoms with Crippen LogP contribution in [-0.4, -0.2) is 32.1 Å². The molecule has 5 nitrogen and oxygen atoms in total. The second-order valence-electron chi connectivity index (χ2n) is 13.5. The molecule has 0 saturated heterocycles. The number of halogens is 2. The summed E-state index contributed by atoms with van der Waals surface area (Å²) in [5.41, 5.74) is -0.0646. The van der Waals surface area contributed by atoms with Crippen LogP contribution in [0.3, 0.4) is 0 Å². The first-order valence-electron chi connectivity index (χ1n) is 18.3. The first-order chi connectivity index (χ1) is 24.6. The van der Waals surface area contributed by atoms with Crippen LogP contribution in [0.25, 0.3) is 27.6 Å². The van der Waals surface area contributed by atoms with Crippen molar-refractivity contribution < 1.29 is 44.0 Å². The molecule has 0 fully saturated rings. The molecule has 6 aromatic rings. The third kappa shape index (κ3) is 5.56. The molecular formula is C39H35F2N5Pt+2. The van der Waals surface area contributed by atoms with Gasteiger partial charge in [0.05, 0.1) is 17.2 Å². The summed E-state index contributed by atoms with van der Waals surface area (Å²) < 4.78 is 95.7. The molecule has 0 N–H and O–H groups in total. The Balaban J connectivity index is 0.00000497. The number of hydrogen-bond acceptors (Lipinski definition) is 2. The molecule has 238 valence electrons. The Kier molecular flexibility index (Phi) is 6.04. The quantitative estimate of drug-likeness (QED) is 0.132. The molecule has 0 unspecified atom stereocenters. The summed E-state index contributed by atoms with van der Waals surface area (Å²) >= 11 is 0. The van der Waals surface area contributed by atoms with Gasteiger partial charge in [-0.2, -0.15) is 18.2 Å². The van der Waals surface area contributed by atoms with Crippen LogP contribution in [0.4, 0.5) is 25.8 Å². The second kappa shape index (κ2) is 11.4. The molecule has 0 aliphatic carbocycles. The second-order valence-corrected chi connectivity index (χ2v) is 13.5. The molecule has 3 aromatic heterocycles. The number of para-hydroxylation sites is 2. The molecule has 3 aromatic carbocycles. The third-order valence-corrected chi connectivity index (χ3v) is 8.25. The number of nitrogens with zero attached hydrogens (tertiary/aromatic N) is 5.